The molecule has 78 valence electrons. The quantitative estimate of drug-likeness (QED) is 0.684. The molecule has 0 aromatic rings. The predicted molar refractivity (Wildman–Crippen MR) is 61.2 cm³/mol. The van der Waals surface area contributed by atoms with E-state index in [0.717, 1.165) is 5.92 Å². The molecule has 0 aromatic heterocycles. The molecule has 1 aliphatic rings. The monoisotopic (exact) mass is 202 g/mol. The van der Waals surface area contributed by atoms with Crippen LogP contribution in [-0.4, -0.2) is 42.6 Å². The van der Waals surface area contributed by atoms with Crippen LogP contribution in [0.15, 0.2) is 0 Å². The number of thioether (sulfide) groups is 1. The minimum atomic E-state index is 0.380. The zero-order valence-electron chi connectivity index (χ0n) is 8.83. The van der Waals surface area contributed by atoms with Crippen molar-refractivity contribution in [3.63, 3.8) is 0 Å². The molecule has 0 aromatic carbocycles. The Morgan fingerprint density at radius 3 is 2.92 bits per heavy atom. The molecule has 0 radical (unpaired) electrons. The van der Waals surface area contributed by atoms with Gasteiger partial charge in [0.05, 0.1) is 0 Å². The van der Waals surface area contributed by atoms with Crippen molar-refractivity contribution in [1.29, 1.82) is 0 Å². The number of hydrogen-bond acceptors (Lipinski definition) is 3. The summed E-state index contributed by atoms with van der Waals surface area (Å²) in [5.74, 6) is 2.04. The van der Waals surface area contributed by atoms with Gasteiger partial charge in [0.1, 0.15) is 0 Å². The summed E-state index contributed by atoms with van der Waals surface area (Å²) in [4.78, 5) is 2.56. The van der Waals surface area contributed by atoms with Gasteiger partial charge in [-0.25, -0.2) is 0 Å². The summed E-state index contributed by atoms with van der Waals surface area (Å²) in [6.45, 7) is 5.90. The molecule has 2 atom stereocenters. The third kappa shape index (κ3) is 3.88. The summed E-state index contributed by atoms with van der Waals surface area (Å²) in [5.41, 5.74) is 5.88. The Morgan fingerprint density at radius 1 is 1.62 bits per heavy atom. The summed E-state index contributed by atoms with van der Waals surface area (Å²) in [7, 11) is 0. The molecule has 2 N–H and O–H groups in total. The van der Waals surface area contributed by atoms with Crippen LogP contribution in [0.1, 0.15) is 19.8 Å². The molecule has 1 saturated heterocycles. The number of hydrogen-bond donors (Lipinski definition) is 1. The van der Waals surface area contributed by atoms with E-state index in [9.17, 15) is 0 Å². The van der Waals surface area contributed by atoms with Crippen LogP contribution in [0.2, 0.25) is 0 Å². The summed E-state index contributed by atoms with van der Waals surface area (Å²) in [6, 6.07) is 0.380. The largest absolute Gasteiger partial charge is 0.328 e. The van der Waals surface area contributed by atoms with E-state index in [1.807, 2.05) is 11.8 Å². The molecule has 1 heterocycles. The Morgan fingerprint density at radius 2 is 2.38 bits per heavy atom. The van der Waals surface area contributed by atoms with Crippen molar-refractivity contribution < 1.29 is 0 Å². The van der Waals surface area contributed by atoms with Gasteiger partial charge in [-0.15, -0.1) is 0 Å². The first kappa shape index (κ1) is 11.3. The van der Waals surface area contributed by atoms with Crippen LogP contribution >= 0.6 is 11.8 Å². The van der Waals surface area contributed by atoms with Crippen molar-refractivity contribution in [3.05, 3.63) is 0 Å². The second-order valence-corrected chi connectivity index (χ2v) is 5.04. The Labute approximate surface area is 86.2 Å². The van der Waals surface area contributed by atoms with Gasteiger partial charge in [-0.1, -0.05) is 0 Å². The van der Waals surface area contributed by atoms with Gasteiger partial charge >= 0.3 is 0 Å². The maximum atomic E-state index is 5.88. The van der Waals surface area contributed by atoms with Gasteiger partial charge in [-0.3, -0.25) is 0 Å². The third-order valence-electron chi connectivity index (χ3n) is 2.88. The van der Waals surface area contributed by atoms with E-state index in [1.54, 1.807) is 0 Å². The molecule has 1 aliphatic heterocycles. The molecular formula is C10H22N2S. The summed E-state index contributed by atoms with van der Waals surface area (Å²) in [6.07, 6.45) is 4.80. The van der Waals surface area contributed by atoms with Crippen LogP contribution in [0, 0.1) is 5.92 Å². The second kappa shape index (κ2) is 5.89. The normalized spacial score (nSPS) is 26.5. The van der Waals surface area contributed by atoms with E-state index in [4.69, 9.17) is 5.73 Å². The molecule has 0 aliphatic carbocycles. The van der Waals surface area contributed by atoms with E-state index in [1.165, 1.54) is 38.2 Å². The Balaban J connectivity index is 2.10. The first-order valence-corrected chi connectivity index (χ1v) is 6.60. The predicted octanol–water partition coefficient (Wildman–Crippen LogP) is 1.41. The molecule has 0 spiro atoms. The molecule has 0 saturated carbocycles. The van der Waals surface area contributed by atoms with Crippen molar-refractivity contribution >= 4 is 11.8 Å². The number of nitrogens with two attached hydrogens (primary N) is 1. The van der Waals surface area contributed by atoms with Gasteiger partial charge in [0, 0.05) is 12.6 Å². The molecule has 1 rings (SSSR count). The minimum Gasteiger partial charge on any atom is -0.328 e. The van der Waals surface area contributed by atoms with Crippen molar-refractivity contribution in [3.8, 4) is 0 Å². The van der Waals surface area contributed by atoms with Crippen LogP contribution in [-0.2, 0) is 0 Å². The smallest absolute Gasteiger partial charge is 0.00514 e. The summed E-state index contributed by atoms with van der Waals surface area (Å²) in [5, 5.41) is 0. The van der Waals surface area contributed by atoms with Gasteiger partial charge in [-0.05, 0) is 50.8 Å². The molecule has 0 amide bonds. The van der Waals surface area contributed by atoms with E-state index >= 15 is 0 Å². The average Bonchev–Trinajstić information content (AvgIpc) is 2.53. The first-order valence-electron chi connectivity index (χ1n) is 5.21. The molecule has 0 bridgehead atoms. The van der Waals surface area contributed by atoms with Crippen LogP contribution < -0.4 is 5.73 Å². The Hall–Kier alpha value is 0.270. The lowest BCUT2D eigenvalue weighted by molar-refractivity contribution is 0.317. The lowest BCUT2D eigenvalue weighted by Crippen LogP contribution is -2.30. The molecule has 2 nitrogen and oxygen atoms in total. The van der Waals surface area contributed by atoms with Crippen molar-refractivity contribution in [2.24, 2.45) is 11.7 Å². The van der Waals surface area contributed by atoms with Crippen LogP contribution in [0.25, 0.3) is 0 Å². The van der Waals surface area contributed by atoms with Crippen LogP contribution in [0.3, 0.4) is 0 Å². The molecule has 13 heavy (non-hydrogen) atoms. The molecular weight excluding hydrogens is 180 g/mol. The highest BCUT2D eigenvalue weighted by Crippen LogP contribution is 2.18. The fourth-order valence-electron chi connectivity index (χ4n) is 1.93. The molecule has 1 fully saturated rings. The Bertz CT molecular complexity index is 139. The average molecular weight is 202 g/mol. The molecule has 3 heteroatoms. The van der Waals surface area contributed by atoms with E-state index < -0.39 is 0 Å². The van der Waals surface area contributed by atoms with Crippen molar-refractivity contribution in [2.45, 2.75) is 25.8 Å². The van der Waals surface area contributed by atoms with Gasteiger partial charge in [0.25, 0.3) is 0 Å². The maximum Gasteiger partial charge on any atom is 0.00514 e. The van der Waals surface area contributed by atoms with E-state index in [2.05, 4.69) is 18.1 Å². The summed E-state index contributed by atoms with van der Waals surface area (Å²) < 4.78 is 0. The van der Waals surface area contributed by atoms with Gasteiger partial charge in [0.15, 0.2) is 0 Å². The zero-order chi connectivity index (χ0) is 9.68. The highest BCUT2D eigenvalue weighted by Gasteiger charge is 2.24. The standard InChI is InChI=1S/C10H22N2S/c1-9(11)10-4-6-12(8-10)5-3-7-13-2/h9-10H,3-8,11H2,1-2H3. The molecule has 2 unspecified atom stereocenters. The lowest BCUT2D eigenvalue weighted by Gasteiger charge is -2.17. The first-order chi connectivity index (χ1) is 6.24. The fourth-order valence-corrected chi connectivity index (χ4v) is 2.35. The second-order valence-electron chi connectivity index (χ2n) is 4.05. The highest BCUT2D eigenvalue weighted by molar-refractivity contribution is 7.98. The van der Waals surface area contributed by atoms with Crippen LogP contribution in [0.4, 0.5) is 0 Å². The number of nitrogens with zero attached hydrogens (tertiary/aromatic N) is 1. The minimum absolute atomic E-state index is 0.380. The summed E-state index contributed by atoms with van der Waals surface area (Å²) >= 11 is 1.94. The van der Waals surface area contributed by atoms with Gasteiger partial charge in [-0.2, -0.15) is 11.8 Å². The number of likely N-dealkylation sites (tertiary alicyclic amines) is 1. The van der Waals surface area contributed by atoms with E-state index in [-0.39, 0.29) is 0 Å². The zero-order valence-corrected chi connectivity index (χ0v) is 9.65. The number of rotatable bonds is 5. The van der Waals surface area contributed by atoms with E-state index in [0.29, 0.717) is 6.04 Å². The van der Waals surface area contributed by atoms with Crippen molar-refractivity contribution in [1.82, 2.24) is 4.90 Å². The SMILES string of the molecule is CSCCCN1CCC(C(C)N)C1. The maximum absolute atomic E-state index is 5.88. The van der Waals surface area contributed by atoms with Crippen LogP contribution in [0.5, 0.6) is 0 Å². The topological polar surface area (TPSA) is 29.3 Å². The van der Waals surface area contributed by atoms with Gasteiger partial charge in [0.2, 0.25) is 0 Å². The fraction of sp³-hybridized carbons (Fsp3) is 1.00. The highest BCUT2D eigenvalue weighted by atomic mass is 32.2. The van der Waals surface area contributed by atoms with Crippen molar-refractivity contribution in [2.75, 3.05) is 31.6 Å². The Kier molecular flexibility index (Phi) is 5.14. The lowest BCUT2D eigenvalue weighted by atomic mass is 10.0. The van der Waals surface area contributed by atoms with Gasteiger partial charge < -0.3 is 10.6 Å². The third-order valence-corrected chi connectivity index (χ3v) is 3.57.